The van der Waals surface area contributed by atoms with Gasteiger partial charge in [0.05, 0.1) is 13.7 Å². The van der Waals surface area contributed by atoms with Gasteiger partial charge in [-0.3, -0.25) is 9.69 Å². The molecule has 0 aliphatic heterocycles. The Morgan fingerprint density at radius 2 is 2.00 bits per heavy atom. The molecule has 2 rings (SSSR count). The van der Waals surface area contributed by atoms with E-state index in [1.165, 1.54) is 0 Å². The summed E-state index contributed by atoms with van der Waals surface area (Å²) in [5.41, 5.74) is 2.72. The third-order valence-corrected chi connectivity index (χ3v) is 3.95. The molecule has 0 bridgehead atoms. The van der Waals surface area contributed by atoms with Crippen molar-refractivity contribution in [2.45, 2.75) is 13.5 Å². The topological polar surface area (TPSA) is 41.6 Å². The van der Waals surface area contributed by atoms with Crippen LogP contribution < -0.4 is 10.1 Å². The lowest BCUT2D eigenvalue weighted by Crippen LogP contribution is -2.30. The largest absolute Gasteiger partial charge is 0.497 e. The van der Waals surface area contributed by atoms with Crippen LogP contribution in [0.25, 0.3) is 0 Å². The maximum absolute atomic E-state index is 12.2. The van der Waals surface area contributed by atoms with Crippen molar-refractivity contribution in [1.82, 2.24) is 4.90 Å². The van der Waals surface area contributed by atoms with Gasteiger partial charge in [-0.1, -0.05) is 29.8 Å². The van der Waals surface area contributed by atoms with Crippen LogP contribution in [-0.4, -0.2) is 31.5 Å². The standard InChI is InChI=1S/C18H21ClN2O2/c1-13-16(19)8-5-9-17(13)20-18(22)12-21(2)11-14-6-4-7-15(10-14)23-3/h4-10H,11-12H2,1-3H3,(H,20,22). The zero-order valence-corrected chi connectivity index (χ0v) is 14.4. The van der Waals surface area contributed by atoms with Crippen LogP contribution in [0.4, 0.5) is 5.69 Å². The summed E-state index contributed by atoms with van der Waals surface area (Å²) in [6.07, 6.45) is 0. The molecule has 4 nitrogen and oxygen atoms in total. The van der Waals surface area contributed by atoms with Crippen molar-refractivity contribution >= 4 is 23.2 Å². The van der Waals surface area contributed by atoms with Crippen LogP contribution in [0.1, 0.15) is 11.1 Å². The van der Waals surface area contributed by atoms with Crippen molar-refractivity contribution < 1.29 is 9.53 Å². The zero-order chi connectivity index (χ0) is 16.8. The average Bonchev–Trinajstić information content (AvgIpc) is 2.51. The van der Waals surface area contributed by atoms with E-state index < -0.39 is 0 Å². The predicted molar refractivity (Wildman–Crippen MR) is 94.1 cm³/mol. The number of likely N-dealkylation sites (N-methyl/N-ethyl adjacent to an activating group) is 1. The van der Waals surface area contributed by atoms with E-state index in [0.717, 1.165) is 22.6 Å². The van der Waals surface area contributed by atoms with E-state index in [0.29, 0.717) is 18.1 Å². The Hall–Kier alpha value is -2.04. The van der Waals surface area contributed by atoms with Crippen LogP contribution in [-0.2, 0) is 11.3 Å². The summed E-state index contributed by atoms with van der Waals surface area (Å²) in [4.78, 5) is 14.1. The number of hydrogen-bond acceptors (Lipinski definition) is 3. The highest BCUT2D eigenvalue weighted by atomic mass is 35.5. The molecular formula is C18H21ClN2O2. The van der Waals surface area contributed by atoms with Crippen molar-refractivity contribution in [3.05, 3.63) is 58.6 Å². The molecule has 23 heavy (non-hydrogen) atoms. The van der Waals surface area contributed by atoms with E-state index in [1.54, 1.807) is 7.11 Å². The van der Waals surface area contributed by atoms with Gasteiger partial charge in [-0.25, -0.2) is 0 Å². The molecule has 0 atom stereocenters. The predicted octanol–water partition coefficient (Wildman–Crippen LogP) is 3.73. The van der Waals surface area contributed by atoms with Gasteiger partial charge in [0.25, 0.3) is 0 Å². The van der Waals surface area contributed by atoms with Crippen LogP contribution in [0, 0.1) is 6.92 Å². The highest BCUT2D eigenvalue weighted by Crippen LogP contribution is 2.22. The highest BCUT2D eigenvalue weighted by Gasteiger charge is 2.10. The summed E-state index contributed by atoms with van der Waals surface area (Å²) in [6, 6.07) is 13.3. The van der Waals surface area contributed by atoms with Gasteiger partial charge in [-0.05, 0) is 49.4 Å². The van der Waals surface area contributed by atoms with E-state index in [4.69, 9.17) is 16.3 Å². The van der Waals surface area contributed by atoms with Crippen molar-refractivity contribution in [2.24, 2.45) is 0 Å². The third-order valence-electron chi connectivity index (χ3n) is 3.54. The molecule has 0 saturated heterocycles. The van der Waals surface area contributed by atoms with Gasteiger partial charge in [0.15, 0.2) is 0 Å². The van der Waals surface area contributed by atoms with E-state index in [-0.39, 0.29) is 5.91 Å². The molecule has 1 N–H and O–H groups in total. The van der Waals surface area contributed by atoms with Crippen molar-refractivity contribution in [3.8, 4) is 5.75 Å². The first-order valence-corrected chi connectivity index (χ1v) is 7.74. The first-order valence-electron chi connectivity index (χ1n) is 7.36. The Morgan fingerprint density at radius 1 is 1.26 bits per heavy atom. The van der Waals surface area contributed by atoms with E-state index in [2.05, 4.69) is 5.32 Å². The van der Waals surface area contributed by atoms with Crippen molar-refractivity contribution in [3.63, 3.8) is 0 Å². The maximum atomic E-state index is 12.2. The minimum absolute atomic E-state index is 0.0687. The van der Waals surface area contributed by atoms with E-state index in [9.17, 15) is 4.79 Å². The van der Waals surface area contributed by atoms with Crippen LogP contribution in [0.15, 0.2) is 42.5 Å². The SMILES string of the molecule is COc1cccc(CN(C)CC(=O)Nc2cccc(Cl)c2C)c1. The molecule has 0 aliphatic rings. The molecule has 122 valence electrons. The molecule has 0 spiro atoms. The number of anilines is 1. The first kappa shape index (κ1) is 17.3. The molecular weight excluding hydrogens is 312 g/mol. The molecule has 2 aromatic rings. The van der Waals surface area contributed by atoms with Gasteiger partial charge < -0.3 is 10.1 Å². The number of halogens is 1. The number of carbonyl (C=O) groups excluding carboxylic acids is 1. The Balaban J connectivity index is 1.93. The fraction of sp³-hybridized carbons (Fsp3) is 0.278. The number of ether oxygens (including phenoxy) is 1. The lowest BCUT2D eigenvalue weighted by atomic mass is 10.2. The summed E-state index contributed by atoms with van der Waals surface area (Å²) in [5.74, 6) is 0.746. The molecule has 5 heteroatoms. The molecule has 0 aromatic heterocycles. The molecule has 1 amide bonds. The Kier molecular flexibility index (Phi) is 6.02. The minimum atomic E-state index is -0.0687. The second-order valence-corrected chi connectivity index (χ2v) is 5.89. The van der Waals surface area contributed by atoms with Crippen LogP contribution in [0.5, 0.6) is 5.75 Å². The zero-order valence-electron chi connectivity index (χ0n) is 13.6. The number of benzene rings is 2. The number of amides is 1. The van der Waals surface area contributed by atoms with Crippen LogP contribution in [0.3, 0.4) is 0 Å². The number of rotatable bonds is 6. The Labute approximate surface area is 142 Å². The van der Waals surface area contributed by atoms with Crippen LogP contribution >= 0.6 is 11.6 Å². The summed E-state index contributed by atoms with van der Waals surface area (Å²) in [6.45, 7) is 2.85. The van der Waals surface area contributed by atoms with Gasteiger partial charge in [0, 0.05) is 17.3 Å². The summed E-state index contributed by atoms with van der Waals surface area (Å²) in [7, 11) is 3.55. The minimum Gasteiger partial charge on any atom is -0.497 e. The average molecular weight is 333 g/mol. The lowest BCUT2D eigenvalue weighted by Gasteiger charge is -2.17. The molecule has 0 fully saturated rings. The van der Waals surface area contributed by atoms with E-state index in [1.807, 2.05) is 61.3 Å². The van der Waals surface area contributed by atoms with E-state index >= 15 is 0 Å². The molecule has 0 unspecified atom stereocenters. The quantitative estimate of drug-likeness (QED) is 0.876. The fourth-order valence-electron chi connectivity index (χ4n) is 2.32. The van der Waals surface area contributed by atoms with Gasteiger partial charge in [-0.15, -0.1) is 0 Å². The molecule has 2 aromatic carbocycles. The summed E-state index contributed by atoms with van der Waals surface area (Å²) in [5, 5.41) is 3.55. The maximum Gasteiger partial charge on any atom is 0.238 e. The number of methoxy groups -OCH3 is 1. The Morgan fingerprint density at radius 3 is 2.74 bits per heavy atom. The second-order valence-electron chi connectivity index (χ2n) is 5.48. The fourth-order valence-corrected chi connectivity index (χ4v) is 2.49. The van der Waals surface area contributed by atoms with Gasteiger partial charge >= 0.3 is 0 Å². The number of carbonyl (C=O) groups is 1. The molecule has 0 radical (unpaired) electrons. The van der Waals surface area contributed by atoms with Crippen molar-refractivity contribution in [1.29, 1.82) is 0 Å². The monoisotopic (exact) mass is 332 g/mol. The first-order chi connectivity index (χ1) is 11.0. The summed E-state index contributed by atoms with van der Waals surface area (Å²) >= 11 is 6.07. The van der Waals surface area contributed by atoms with Crippen molar-refractivity contribution in [2.75, 3.05) is 26.0 Å². The van der Waals surface area contributed by atoms with Gasteiger partial charge in [0.1, 0.15) is 5.75 Å². The highest BCUT2D eigenvalue weighted by molar-refractivity contribution is 6.31. The summed E-state index contributed by atoms with van der Waals surface area (Å²) < 4.78 is 5.21. The third kappa shape index (κ3) is 4.98. The lowest BCUT2D eigenvalue weighted by molar-refractivity contribution is -0.117. The Bertz CT molecular complexity index is 688. The second kappa shape index (κ2) is 7.99. The molecule has 0 aliphatic carbocycles. The molecule has 0 heterocycles. The molecule has 0 saturated carbocycles. The van der Waals surface area contributed by atoms with Crippen LogP contribution in [0.2, 0.25) is 5.02 Å². The number of nitrogens with zero attached hydrogens (tertiary/aromatic N) is 1. The number of nitrogens with one attached hydrogen (secondary N) is 1. The number of hydrogen-bond donors (Lipinski definition) is 1. The smallest absolute Gasteiger partial charge is 0.238 e. The van der Waals surface area contributed by atoms with Gasteiger partial charge in [0.2, 0.25) is 5.91 Å². The normalized spacial score (nSPS) is 10.7. The van der Waals surface area contributed by atoms with Gasteiger partial charge in [-0.2, -0.15) is 0 Å².